The van der Waals surface area contributed by atoms with Gasteiger partial charge in [-0.15, -0.1) is 0 Å². The van der Waals surface area contributed by atoms with Crippen LogP contribution in [0.4, 0.5) is 10.1 Å². The van der Waals surface area contributed by atoms with Gasteiger partial charge in [-0.05, 0) is 38.4 Å². The number of rotatable bonds is 9. The van der Waals surface area contributed by atoms with Crippen LogP contribution in [-0.2, 0) is 4.79 Å². The van der Waals surface area contributed by atoms with Gasteiger partial charge in [0, 0.05) is 13.1 Å². The van der Waals surface area contributed by atoms with Gasteiger partial charge < -0.3 is 16.0 Å². The first-order chi connectivity index (χ1) is 10.1. The molecule has 0 aliphatic carbocycles. The quantitative estimate of drug-likeness (QED) is 0.687. The second kappa shape index (κ2) is 9.34. The fourth-order valence-corrected chi connectivity index (χ4v) is 2.15. The summed E-state index contributed by atoms with van der Waals surface area (Å²) in [6.45, 7) is 5.59. The van der Waals surface area contributed by atoms with E-state index < -0.39 is 6.04 Å². The molecule has 0 fully saturated rings. The number of para-hydroxylation sites is 1. The van der Waals surface area contributed by atoms with E-state index in [9.17, 15) is 9.18 Å². The highest BCUT2D eigenvalue weighted by molar-refractivity contribution is 5.84. The van der Waals surface area contributed by atoms with Gasteiger partial charge in [0.25, 0.3) is 0 Å². The summed E-state index contributed by atoms with van der Waals surface area (Å²) in [5.41, 5.74) is 5.99. The molecule has 0 bridgehead atoms. The van der Waals surface area contributed by atoms with Gasteiger partial charge in [0.2, 0.25) is 5.91 Å². The molecular weight excluding hydrogens is 269 g/mol. The van der Waals surface area contributed by atoms with Crippen molar-refractivity contribution < 1.29 is 9.18 Å². The zero-order valence-electron chi connectivity index (χ0n) is 12.9. The topological polar surface area (TPSA) is 58.4 Å². The molecule has 0 aliphatic heterocycles. The molecule has 0 aromatic heterocycles. The van der Waals surface area contributed by atoms with Gasteiger partial charge in [-0.2, -0.15) is 0 Å². The van der Waals surface area contributed by atoms with E-state index in [1.54, 1.807) is 30.0 Å². The number of unbranched alkanes of at least 4 members (excludes halogenated alkanes) is 1. The molecule has 1 aromatic rings. The predicted molar refractivity (Wildman–Crippen MR) is 84.8 cm³/mol. The number of nitrogens with two attached hydrogens (primary N) is 1. The van der Waals surface area contributed by atoms with Crippen LogP contribution in [0.2, 0.25) is 0 Å². The van der Waals surface area contributed by atoms with Crippen LogP contribution in [-0.4, -0.2) is 31.6 Å². The minimum absolute atomic E-state index is 0.0799. The monoisotopic (exact) mass is 295 g/mol. The van der Waals surface area contributed by atoms with Crippen molar-refractivity contribution in [2.75, 3.05) is 24.5 Å². The van der Waals surface area contributed by atoms with Gasteiger partial charge in [0.05, 0.1) is 5.69 Å². The number of hydrogen-bond donors (Lipinski definition) is 2. The Morgan fingerprint density at radius 3 is 2.71 bits per heavy atom. The fraction of sp³-hybridized carbons (Fsp3) is 0.562. The molecule has 0 aliphatic rings. The molecule has 118 valence electrons. The van der Waals surface area contributed by atoms with Crippen LogP contribution in [0.25, 0.3) is 0 Å². The first kappa shape index (κ1) is 17.4. The molecule has 1 unspecified atom stereocenters. The highest BCUT2D eigenvalue weighted by Gasteiger charge is 2.22. The van der Waals surface area contributed by atoms with Crippen LogP contribution in [0.1, 0.15) is 33.1 Å². The van der Waals surface area contributed by atoms with Gasteiger partial charge in [0.15, 0.2) is 0 Å². The second-order valence-electron chi connectivity index (χ2n) is 5.11. The maximum atomic E-state index is 14.0. The van der Waals surface area contributed by atoms with Crippen molar-refractivity contribution in [2.45, 2.75) is 39.2 Å². The number of amides is 1. The van der Waals surface area contributed by atoms with Crippen LogP contribution in [0.3, 0.4) is 0 Å². The normalized spacial score (nSPS) is 12.0. The third-order valence-electron chi connectivity index (χ3n) is 3.44. The van der Waals surface area contributed by atoms with Crippen molar-refractivity contribution in [3.8, 4) is 0 Å². The van der Waals surface area contributed by atoms with Crippen LogP contribution in [0.15, 0.2) is 24.3 Å². The van der Waals surface area contributed by atoms with Gasteiger partial charge in [0.1, 0.15) is 11.9 Å². The second-order valence-corrected chi connectivity index (χ2v) is 5.11. The maximum Gasteiger partial charge on any atom is 0.242 e. The fourth-order valence-electron chi connectivity index (χ4n) is 2.15. The van der Waals surface area contributed by atoms with E-state index in [4.69, 9.17) is 5.73 Å². The molecule has 1 atom stereocenters. The third kappa shape index (κ3) is 5.34. The number of nitrogens with zero attached hydrogens (tertiary/aromatic N) is 1. The molecule has 1 amide bonds. The maximum absolute atomic E-state index is 14.0. The highest BCUT2D eigenvalue weighted by Crippen LogP contribution is 2.21. The molecule has 4 nitrogen and oxygen atoms in total. The molecule has 21 heavy (non-hydrogen) atoms. The predicted octanol–water partition coefficient (Wildman–Crippen LogP) is 2.29. The van der Waals surface area contributed by atoms with E-state index in [1.165, 1.54) is 6.07 Å². The van der Waals surface area contributed by atoms with E-state index in [1.807, 2.05) is 0 Å². The number of anilines is 1. The Bertz CT molecular complexity index is 439. The lowest BCUT2D eigenvalue weighted by atomic mass is 10.2. The van der Waals surface area contributed by atoms with Crippen LogP contribution >= 0.6 is 0 Å². The summed E-state index contributed by atoms with van der Waals surface area (Å²) >= 11 is 0. The van der Waals surface area contributed by atoms with E-state index >= 15 is 0 Å². The van der Waals surface area contributed by atoms with Crippen molar-refractivity contribution in [1.29, 1.82) is 0 Å². The minimum Gasteiger partial charge on any atom is -0.357 e. The number of benzene rings is 1. The molecule has 0 saturated carbocycles. The van der Waals surface area contributed by atoms with E-state index in [-0.39, 0.29) is 11.7 Å². The van der Waals surface area contributed by atoms with E-state index in [0.717, 1.165) is 12.8 Å². The Labute approximate surface area is 126 Å². The van der Waals surface area contributed by atoms with Gasteiger partial charge in [-0.3, -0.25) is 4.79 Å². The smallest absolute Gasteiger partial charge is 0.242 e. The zero-order chi connectivity index (χ0) is 15.7. The van der Waals surface area contributed by atoms with Gasteiger partial charge in [-0.25, -0.2) is 4.39 Å². The number of carbonyl (C=O) groups excluding carboxylic acids is 1. The van der Waals surface area contributed by atoms with Crippen molar-refractivity contribution >= 4 is 11.6 Å². The summed E-state index contributed by atoms with van der Waals surface area (Å²) in [5, 5.41) is 2.90. The van der Waals surface area contributed by atoms with Gasteiger partial charge in [-0.1, -0.05) is 25.5 Å². The summed E-state index contributed by atoms with van der Waals surface area (Å²) in [4.78, 5) is 14.0. The lowest BCUT2D eigenvalue weighted by Gasteiger charge is -2.30. The van der Waals surface area contributed by atoms with E-state index in [0.29, 0.717) is 31.7 Å². The van der Waals surface area contributed by atoms with Crippen LogP contribution in [0, 0.1) is 5.82 Å². The standard InChI is InChI=1S/C16H26FN3O/c1-3-4-11-19-16(21)13(2)20(12-7-10-18)15-9-6-5-8-14(15)17/h5-6,8-9,13H,3-4,7,10-12,18H2,1-2H3,(H,19,21). The Hall–Kier alpha value is -1.62. The minimum atomic E-state index is -0.426. The average Bonchev–Trinajstić information content (AvgIpc) is 2.49. The summed E-state index contributed by atoms with van der Waals surface area (Å²) in [6.07, 6.45) is 2.68. The lowest BCUT2D eigenvalue weighted by Crippen LogP contribution is -2.46. The molecule has 0 radical (unpaired) electrons. The Balaban J connectivity index is 2.81. The van der Waals surface area contributed by atoms with Crippen molar-refractivity contribution in [3.05, 3.63) is 30.1 Å². The molecule has 1 aromatic carbocycles. The molecule has 1 rings (SSSR count). The van der Waals surface area contributed by atoms with Crippen molar-refractivity contribution in [1.82, 2.24) is 5.32 Å². The summed E-state index contributed by atoms with van der Waals surface area (Å²) in [7, 11) is 0. The van der Waals surface area contributed by atoms with Crippen LogP contribution < -0.4 is 16.0 Å². The number of hydrogen-bond acceptors (Lipinski definition) is 3. The van der Waals surface area contributed by atoms with Gasteiger partial charge >= 0.3 is 0 Å². The molecule has 0 saturated heterocycles. The van der Waals surface area contributed by atoms with Crippen molar-refractivity contribution in [2.24, 2.45) is 5.73 Å². The molecule has 0 heterocycles. The Kier molecular flexibility index (Phi) is 7.75. The average molecular weight is 295 g/mol. The molecular formula is C16H26FN3O. The third-order valence-corrected chi connectivity index (χ3v) is 3.44. The van der Waals surface area contributed by atoms with Crippen molar-refractivity contribution in [3.63, 3.8) is 0 Å². The highest BCUT2D eigenvalue weighted by atomic mass is 19.1. The first-order valence-electron chi connectivity index (χ1n) is 7.60. The first-order valence-corrected chi connectivity index (χ1v) is 7.60. The lowest BCUT2D eigenvalue weighted by molar-refractivity contribution is -0.122. The number of halogens is 1. The summed E-state index contributed by atoms with van der Waals surface area (Å²) in [5.74, 6) is -0.397. The Morgan fingerprint density at radius 1 is 1.38 bits per heavy atom. The molecule has 5 heteroatoms. The van der Waals surface area contributed by atoms with Crippen LogP contribution in [0.5, 0.6) is 0 Å². The largest absolute Gasteiger partial charge is 0.357 e. The summed E-state index contributed by atoms with van der Waals surface area (Å²) < 4.78 is 14.0. The number of nitrogens with one attached hydrogen (secondary N) is 1. The van der Waals surface area contributed by atoms with E-state index in [2.05, 4.69) is 12.2 Å². The number of carbonyl (C=O) groups is 1. The molecule has 0 spiro atoms. The summed E-state index contributed by atoms with van der Waals surface area (Å²) in [6, 6.07) is 6.10. The zero-order valence-corrected chi connectivity index (χ0v) is 12.9. The Morgan fingerprint density at radius 2 is 2.10 bits per heavy atom. The SMILES string of the molecule is CCCCNC(=O)C(C)N(CCCN)c1ccccc1F. The molecule has 3 N–H and O–H groups in total.